The van der Waals surface area contributed by atoms with E-state index in [-0.39, 0.29) is 0 Å². The topological polar surface area (TPSA) is 28.7 Å². The smallest absolute Gasteiger partial charge is 0.0490 e. The van der Waals surface area contributed by atoms with Gasteiger partial charge in [0, 0.05) is 17.8 Å². The third kappa shape index (κ3) is 1.17. The third-order valence-corrected chi connectivity index (χ3v) is 2.87. The van der Waals surface area contributed by atoms with Crippen LogP contribution in [0.4, 0.5) is 0 Å². The SMILES string of the molecule is CC(c1ccn[nH]1)C1CCC1. The van der Waals surface area contributed by atoms with E-state index in [1.165, 1.54) is 25.0 Å². The van der Waals surface area contributed by atoms with Gasteiger partial charge in [0.2, 0.25) is 0 Å². The first-order valence-electron chi connectivity index (χ1n) is 4.37. The number of H-pyrrole nitrogens is 1. The van der Waals surface area contributed by atoms with Crippen molar-refractivity contribution in [2.75, 3.05) is 0 Å². The molecule has 1 aliphatic rings. The van der Waals surface area contributed by atoms with Gasteiger partial charge in [-0.15, -0.1) is 0 Å². The normalized spacial score (nSPS) is 21.2. The quantitative estimate of drug-likeness (QED) is 0.688. The maximum atomic E-state index is 3.96. The standard InChI is InChI=1S/C9H14N2/c1-7(8-3-2-4-8)9-5-6-10-11-9/h5-8H,2-4H2,1H3,(H,10,11). The predicted molar refractivity (Wildman–Crippen MR) is 44.3 cm³/mol. The van der Waals surface area contributed by atoms with Gasteiger partial charge in [0.1, 0.15) is 0 Å². The summed E-state index contributed by atoms with van der Waals surface area (Å²) in [6, 6.07) is 2.09. The van der Waals surface area contributed by atoms with E-state index in [9.17, 15) is 0 Å². The van der Waals surface area contributed by atoms with Crippen molar-refractivity contribution in [3.05, 3.63) is 18.0 Å². The van der Waals surface area contributed by atoms with Gasteiger partial charge in [-0.05, 0) is 24.8 Å². The largest absolute Gasteiger partial charge is 0.282 e. The average molecular weight is 150 g/mol. The van der Waals surface area contributed by atoms with Crippen molar-refractivity contribution >= 4 is 0 Å². The second-order valence-corrected chi connectivity index (χ2v) is 3.49. The molecule has 0 radical (unpaired) electrons. The van der Waals surface area contributed by atoms with Crippen molar-refractivity contribution in [3.63, 3.8) is 0 Å². The van der Waals surface area contributed by atoms with E-state index >= 15 is 0 Å². The molecule has 1 unspecified atom stereocenters. The average Bonchev–Trinajstić information content (AvgIpc) is 2.32. The molecule has 0 aromatic carbocycles. The fourth-order valence-corrected chi connectivity index (χ4v) is 1.71. The zero-order valence-electron chi connectivity index (χ0n) is 6.88. The van der Waals surface area contributed by atoms with Gasteiger partial charge < -0.3 is 0 Å². The Labute approximate surface area is 67.0 Å². The van der Waals surface area contributed by atoms with Crippen LogP contribution in [0.3, 0.4) is 0 Å². The summed E-state index contributed by atoms with van der Waals surface area (Å²) in [6.45, 7) is 2.29. The van der Waals surface area contributed by atoms with Gasteiger partial charge in [-0.3, -0.25) is 5.10 Å². The van der Waals surface area contributed by atoms with Gasteiger partial charge in [-0.2, -0.15) is 5.10 Å². The molecule has 1 saturated carbocycles. The van der Waals surface area contributed by atoms with Gasteiger partial charge in [-0.25, -0.2) is 0 Å². The Hall–Kier alpha value is -0.790. The van der Waals surface area contributed by atoms with E-state index in [0.29, 0.717) is 5.92 Å². The highest BCUT2D eigenvalue weighted by Crippen LogP contribution is 2.37. The molecule has 0 saturated heterocycles. The summed E-state index contributed by atoms with van der Waals surface area (Å²) in [6.07, 6.45) is 6.06. The minimum Gasteiger partial charge on any atom is -0.282 e. The number of nitrogens with zero attached hydrogens (tertiary/aromatic N) is 1. The molecule has 60 valence electrons. The second-order valence-electron chi connectivity index (χ2n) is 3.49. The molecule has 1 heterocycles. The van der Waals surface area contributed by atoms with E-state index < -0.39 is 0 Å². The lowest BCUT2D eigenvalue weighted by Gasteiger charge is -2.30. The van der Waals surface area contributed by atoms with Gasteiger partial charge >= 0.3 is 0 Å². The van der Waals surface area contributed by atoms with Crippen LogP contribution in [0.15, 0.2) is 12.3 Å². The molecular weight excluding hydrogens is 136 g/mol. The van der Waals surface area contributed by atoms with Gasteiger partial charge in [0.25, 0.3) is 0 Å². The summed E-state index contributed by atoms with van der Waals surface area (Å²) in [5.41, 5.74) is 1.30. The molecule has 0 bridgehead atoms. The van der Waals surface area contributed by atoms with E-state index in [1.54, 1.807) is 0 Å². The number of aromatic nitrogens is 2. The highest BCUT2D eigenvalue weighted by atomic mass is 15.1. The molecule has 2 heteroatoms. The van der Waals surface area contributed by atoms with Crippen LogP contribution in [0.1, 0.15) is 37.8 Å². The predicted octanol–water partition coefficient (Wildman–Crippen LogP) is 2.31. The highest BCUT2D eigenvalue weighted by molar-refractivity contribution is 5.06. The molecule has 2 nitrogen and oxygen atoms in total. The van der Waals surface area contributed by atoms with Gasteiger partial charge in [0.05, 0.1) is 0 Å². The monoisotopic (exact) mass is 150 g/mol. The Balaban J connectivity index is 2.04. The van der Waals surface area contributed by atoms with Crippen LogP contribution in [0.5, 0.6) is 0 Å². The molecule has 1 atom stereocenters. The first-order chi connectivity index (χ1) is 5.38. The Morgan fingerprint density at radius 2 is 2.45 bits per heavy atom. The van der Waals surface area contributed by atoms with Crippen LogP contribution >= 0.6 is 0 Å². The zero-order valence-corrected chi connectivity index (χ0v) is 6.88. The molecule has 0 spiro atoms. The molecule has 1 aliphatic carbocycles. The summed E-state index contributed by atoms with van der Waals surface area (Å²) in [5.74, 6) is 1.60. The van der Waals surface area contributed by atoms with Crippen molar-refractivity contribution < 1.29 is 0 Å². The molecule has 1 N–H and O–H groups in total. The number of aromatic amines is 1. The van der Waals surface area contributed by atoms with Crippen LogP contribution in [-0.4, -0.2) is 10.2 Å². The molecule has 1 fully saturated rings. The highest BCUT2D eigenvalue weighted by Gasteiger charge is 2.25. The van der Waals surface area contributed by atoms with Crippen LogP contribution in [-0.2, 0) is 0 Å². The van der Waals surface area contributed by atoms with E-state index in [0.717, 1.165) is 5.92 Å². The fraction of sp³-hybridized carbons (Fsp3) is 0.667. The van der Waals surface area contributed by atoms with Gasteiger partial charge in [0.15, 0.2) is 0 Å². The molecule has 1 aromatic heterocycles. The zero-order chi connectivity index (χ0) is 7.68. The van der Waals surface area contributed by atoms with Crippen LogP contribution in [0.25, 0.3) is 0 Å². The fourth-order valence-electron chi connectivity index (χ4n) is 1.71. The lowest BCUT2D eigenvalue weighted by atomic mass is 9.75. The summed E-state index contributed by atoms with van der Waals surface area (Å²) in [7, 11) is 0. The number of nitrogens with one attached hydrogen (secondary N) is 1. The van der Waals surface area contributed by atoms with E-state index in [4.69, 9.17) is 0 Å². The first-order valence-corrected chi connectivity index (χ1v) is 4.37. The maximum Gasteiger partial charge on any atom is 0.0490 e. The van der Waals surface area contributed by atoms with Gasteiger partial charge in [-0.1, -0.05) is 13.3 Å². The summed E-state index contributed by atoms with van der Waals surface area (Å²) in [4.78, 5) is 0. The molecule has 1 aromatic rings. The molecule has 2 rings (SSSR count). The molecule has 0 aliphatic heterocycles. The minimum atomic E-state index is 0.686. The van der Waals surface area contributed by atoms with Crippen LogP contribution in [0, 0.1) is 5.92 Å². The lowest BCUT2D eigenvalue weighted by Crippen LogP contribution is -2.18. The number of hydrogen-bond donors (Lipinski definition) is 1. The second kappa shape index (κ2) is 2.68. The van der Waals surface area contributed by atoms with E-state index in [2.05, 4.69) is 23.2 Å². The van der Waals surface area contributed by atoms with Crippen molar-refractivity contribution in [1.82, 2.24) is 10.2 Å². The molecule has 11 heavy (non-hydrogen) atoms. The van der Waals surface area contributed by atoms with Crippen LogP contribution < -0.4 is 0 Å². The minimum absolute atomic E-state index is 0.686. The maximum absolute atomic E-state index is 3.96. The van der Waals surface area contributed by atoms with Crippen molar-refractivity contribution in [2.45, 2.75) is 32.1 Å². The Morgan fingerprint density at radius 3 is 2.91 bits per heavy atom. The third-order valence-electron chi connectivity index (χ3n) is 2.87. The molecule has 0 amide bonds. The van der Waals surface area contributed by atoms with E-state index in [1.807, 2.05) is 6.20 Å². The Bertz CT molecular complexity index is 211. The van der Waals surface area contributed by atoms with Crippen molar-refractivity contribution in [1.29, 1.82) is 0 Å². The molecular formula is C9H14N2. The lowest BCUT2D eigenvalue weighted by molar-refractivity contribution is 0.269. The first kappa shape index (κ1) is 6.89. The van der Waals surface area contributed by atoms with Crippen LogP contribution in [0.2, 0.25) is 0 Å². The number of hydrogen-bond acceptors (Lipinski definition) is 1. The Morgan fingerprint density at radius 1 is 1.64 bits per heavy atom. The Kier molecular flexibility index (Phi) is 1.68. The summed E-state index contributed by atoms with van der Waals surface area (Å²) in [5, 5.41) is 7.00. The van der Waals surface area contributed by atoms with Crippen molar-refractivity contribution in [3.8, 4) is 0 Å². The number of rotatable bonds is 2. The summed E-state index contributed by atoms with van der Waals surface area (Å²) < 4.78 is 0. The van der Waals surface area contributed by atoms with Crippen molar-refractivity contribution in [2.24, 2.45) is 5.92 Å². The summed E-state index contributed by atoms with van der Waals surface area (Å²) >= 11 is 0.